The van der Waals surface area contributed by atoms with Crippen LogP contribution in [0.25, 0.3) is 10.6 Å². The first-order valence-electron chi connectivity index (χ1n) is 5.10. The first-order valence-corrected chi connectivity index (χ1v) is 6.71. The summed E-state index contributed by atoms with van der Waals surface area (Å²) in [7, 11) is 0. The van der Waals surface area contributed by atoms with E-state index in [0.717, 1.165) is 21.1 Å². The number of thiazole rings is 1. The van der Waals surface area contributed by atoms with Gasteiger partial charge in [0.1, 0.15) is 10.8 Å². The molecule has 1 heterocycles. The van der Waals surface area contributed by atoms with E-state index in [-0.39, 0.29) is 5.82 Å². The van der Waals surface area contributed by atoms with Crippen LogP contribution in [-0.2, 0) is 0 Å². The molecule has 90 valence electrons. The molecule has 0 aliphatic carbocycles. The van der Waals surface area contributed by atoms with Gasteiger partial charge in [-0.2, -0.15) is 0 Å². The summed E-state index contributed by atoms with van der Waals surface area (Å²) in [5.74, 6) is -0.294. The van der Waals surface area contributed by atoms with E-state index in [4.69, 9.17) is 0 Å². The SMILES string of the molecule is Cc1nc(-c2ccc(F)c(Br)c2)sc1C(C)O. The number of benzene rings is 1. The quantitative estimate of drug-likeness (QED) is 0.906. The molecule has 2 nitrogen and oxygen atoms in total. The number of halogens is 2. The van der Waals surface area contributed by atoms with E-state index in [9.17, 15) is 9.50 Å². The van der Waals surface area contributed by atoms with Crippen molar-refractivity contribution in [1.82, 2.24) is 4.98 Å². The minimum Gasteiger partial charge on any atom is -0.388 e. The Labute approximate surface area is 111 Å². The Balaban J connectivity index is 2.46. The van der Waals surface area contributed by atoms with Crippen LogP contribution >= 0.6 is 27.3 Å². The van der Waals surface area contributed by atoms with Crippen molar-refractivity contribution in [1.29, 1.82) is 0 Å². The third-order valence-electron chi connectivity index (χ3n) is 2.38. The summed E-state index contributed by atoms with van der Waals surface area (Å²) >= 11 is 4.58. The molecule has 1 aromatic heterocycles. The Morgan fingerprint density at radius 3 is 2.71 bits per heavy atom. The lowest BCUT2D eigenvalue weighted by molar-refractivity contribution is 0.202. The van der Waals surface area contributed by atoms with Crippen LogP contribution in [0.15, 0.2) is 22.7 Å². The zero-order chi connectivity index (χ0) is 12.6. The van der Waals surface area contributed by atoms with Gasteiger partial charge in [0.05, 0.1) is 21.1 Å². The molecule has 2 aromatic rings. The van der Waals surface area contributed by atoms with Crippen molar-refractivity contribution in [2.75, 3.05) is 0 Å². The van der Waals surface area contributed by atoms with Crippen LogP contribution in [0.1, 0.15) is 23.6 Å². The lowest BCUT2D eigenvalue weighted by atomic mass is 10.2. The molecule has 0 fully saturated rings. The zero-order valence-corrected chi connectivity index (χ0v) is 11.8. The van der Waals surface area contributed by atoms with Gasteiger partial charge >= 0.3 is 0 Å². The Morgan fingerprint density at radius 2 is 2.18 bits per heavy atom. The second kappa shape index (κ2) is 4.84. The fourth-order valence-corrected chi connectivity index (χ4v) is 2.93. The molecule has 0 aliphatic heterocycles. The van der Waals surface area contributed by atoms with Crippen LogP contribution in [0.4, 0.5) is 4.39 Å². The Hall–Kier alpha value is -0.780. The smallest absolute Gasteiger partial charge is 0.137 e. The van der Waals surface area contributed by atoms with Crippen LogP contribution in [0.3, 0.4) is 0 Å². The van der Waals surface area contributed by atoms with Gasteiger partial charge in [-0.15, -0.1) is 11.3 Å². The maximum absolute atomic E-state index is 13.1. The predicted molar refractivity (Wildman–Crippen MR) is 70.6 cm³/mol. The molecule has 0 saturated carbocycles. The summed E-state index contributed by atoms with van der Waals surface area (Å²) in [5, 5.41) is 10.4. The topological polar surface area (TPSA) is 33.1 Å². The van der Waals surface area contributed by atoms with Gasteiger partial charge in [0.25, 0.3) is 0 Å². The number of aliphatic hydroxyl groups excluding tert-OH is 1. The molecule has 1 unspecified atom stereocenters. The summed E-state index contributed by atoms with van der Waals surface area (Å²) in [5.41, 5.74) is 1.67. The summed E-state index contributed by atoms with van der Waals surface area (Å²) in [4.78, 5) is 5.24. The highest BCUT2D eigenvalue weighted by Crippen LogP contribution is 2.33. The van der Waals surface area contributed by atoms with Gasteiger partial charge in [0, 0.05) is 5.56 Å². The fraction of sp³-hybridized carbons (Fsp3) is 0.250. The molecule has 0 saturated heterocycles. The lowest BCUT2D eigenvalue weighted by Crippen LogP contribution is -1.88. The summed E-state index contributed by atoms with van der Waals surface area (Å²) in [6.45, 7) is 3.57. The number of aryl methyl sites for hydroxylation is 1. The van der Waals surface area contributed by atoms with E-state index in [1.807, 2.05) is 6.92 Å². The molecule has 2 rings (SSSR count). The number of aliphatic hydroxyl groups is 1. The average molecular weight is 316 g/mol. The van der Waals surface area contributed by atoms with E-state index in [2.05, 4.69) is 20.9 Å². The molecule has 5 heteroatoms. The van der Waals surface area contributed by atoms with E-state index in [1.54, 1.807) is 19.1 Å². The van der Waals surface area contributed by atoms with Gasteiger partial charge in [0.2, 0.25) is 0 Å². The molecule has 1 atom stereocenters. The maximum atomic E-state index is 13.1. The van der Waals surface area contributed by atoms with Gasteiger partial charge in [-0.1, -0.05) is 0 Å². The first kappa shape index (κ1) is 12.7. The van der Waals surface area contributed by atoms with E-state index in [0.29, 0.717) is 4.47 Å². The molecule has 0 radical (unpaired) electrons. The molecular formula is C12H11BrFNOS. The second-order valence-electron chi connectivity index (χ2n) is 3.77. The number of hydrogen-bond acceptors (Lipinski definition) is 3. The van der Waals surface area contributed by atoms with Crippen molar-refractivity contribution < 1.29 is 9.50 Å². The van der Waals surface area contributed by atoms with Crippen LogP contribution in [-0.4, -0.2) is 10.1 Å². The third kappa shape index (κ3) is 2.56. The highest BCUT2D eigenvalue weighted by atomic mass is 79.9. The van der Waals surface area contributed by atoms with Crippen molar-refractivity contribution in [2.45, 2.75) is 20.0 Å². The molecule has 1 aromatic carbocycles. The number of rotatable bonds is 2. The van der Waals surface area contributed by atoms with Crippen LogP contribution in [0, 0.1) is 12.7 Å². The van der Waals surface area contributed by atoms with E-state index >= 15 is 0 Å². The monoisotopic (exact) mass is 315 g/mol. The molecule has 1 N–H and O–H groups in total. The predicted octanol–water partition coefficient (Wildman–Crippen LogP) is 4.07. The van der Waals surface area contributed by atoms with E-state index in [1.165, 1.54) is 17.4 Å². The van der Waals surface area contributed by atoms with Gasteiger partial charge in [0.15, 0.2) is 0 Å². The van der Waals surface area contributed by atoms with Gasteiger partial charge < -0.3 is 5.11 Å². The normalized spacial score (nSPS) is 12.8. The Morgan fingerprint density at radius 1 is 1.47 bits per heavy atom. The van der Waals surface area contributed by atoms with Gasteiger partial charge in [-0.25, -0.2) is 9.37 Å². The third-order valence-corrected chi connectivity index (χ3v) is 4.36. The second-order valence-corrected chi connectivity index (χ2v) is 5.66. The molecule has 17 heavy (non-hydrogen) atoms. The van der Waals surface area contributed by atoms with Crippen molar-refractivity contribution in [3.05, 3.63) is 39.1 Å². The maximum Gasteiger partial charge on any atom is 0.137 e. The summed E-state index contributed by atoms with van der Waals surface area (Å²) < 4.78 is 13.5. The first-order chi connectivity index (χ1) is 7.99. The fourth-order valence-electron chi connectivity index (χ4n) is 1.55. The van der Waals surface area contributed by atoms with Crippen LogP contribution in [0.2, 0.25) is 0 Å². The number of aromatic nitrogens is 1. The van der Waals surface area contributed by atoms with E-state index < -0.39 is 6.10 Å². The average Bonchev–Trinajstić information content (AvgIpc) is 2.64. The Bertz CT molecular complexity index is 553. The Kier molecular flexibility index (Phi) is 3.61. The van der Waals surface area contributed by atoms with Gasteiger partial charge in [-0.3, -0.25) is 0 Å². The highest BCUT2D eigenvalue weighted by Gasteiger charge is 2.13. The van der Waals surface area contributed by atoms with Gasteiger partial charge in [-0.05, 0) is 48.0 Å². The standard InChI is InChI=1S/C12H11BrFNOS/c1-6-11(7(2)16)17-12(15-6)8-3-4-10(14)9(13)5-8/h3-5,7,16H,1-2H3. The molecular weight excluding hydrogens is 305 g/mol. The van der Waals surface area contributed by atoms with Crippen LogP contribution in [0.5, 0.6) is 0 Å². The molecule has 0 bridgehead atoms. The van der Waals surface area contributed by atoms with Crippen molar-refractivity contribution in [3.63, 3.8) is 0 Å². The van der Waals surface area contributed by atoms with Crippen molar-refractivity contribution in [2.24, 2.45) is 0 Å². The van der Waals surface area contributed by atoms with Crippen molar-refractivity contribution >= 4 is 27.3 Å². The lowest BCUT2D eigenvalue weighted by Gasteiger charge is -1.99. The van der Waals surface area contributed by atoms with Crippen LogP contribution < -0.4 is 0 Å². The molecule has 0 aliphatic rings. The number of hydrogen-bond donors (Lipinski definition) is 1. The summed E-state index contributed by atoms with van der Waals surface area (Å²) in [6.07, 6.45) is -0.523. The molecule has 0 amide bonds. The zero-order valence-electron chi connectivity index (χ0n) is 9.37. The highest BCUT2D eigenvalue weighted by molar-refractivity contribution is 9.10. The molecule has 0 spiro atoms. The largest absolute Gasteiger partial charge is 0.388 e. The number of nitrogens with zero attached hydrogens (tertiary/aromatic N) is 1. The van der Waals surface area contributed by atoms with Crippen molar-refractivity contribution in [3.8, 4) is 10.6 Å². The minimum absolute atomic E-state index is 0.294. The minimum atomic E-state index is -0.523. The summed E-state index contributed by atoms with van der Waals surface area (Å²) in [6, 6.07) is 4.78.